The van der Waals surface area contributed by atoms with E-state index in [9.17, 15) is 4.79 Å². The molecule has 0 bridgehead atoms. The Morgan fingerprint density at radius 2 is 2.13 bits per heavy atom. The second-order valence-corrected chi connectivity index (χ2v) is 5.38. The molecule has 6 nitrogen and oxygen atoms in total. The molecule has 2 heterocycles. The summed E-state index contributed by atoms with van der Waals surface area (Å²) in [7, 11) is 1.52. The number of methoxy groups -OCH3 is 1. The number of nitrogens with zero attached hydrogens (tertiary/aromatic N) is 3. The number of rotatable bonds is 5. The first-order chi connectivity index (χ1) is 11.3. The molecule has 1 amide bonds. The summed E-state index contributed by atoms with van der Waals surface area (Å²) >= 11 is 0. The van der Waals surface area contributed by atoms with Crippen LogP contribution in [0.4, 0.5) is 0 Å². The fourth-order valence-corrected chi connectivity index (χ4v) is 2.76. The van der Waals surface area contributed by atoms with Gasteiger partial charge in [0.05, 0.1) is 24.1 Å². The summed E-state index contributed by atoms with van der Waals surface area (Å²) < 4.78 is 10.7. The molecule has 2 aromatic rings. The van der Waals surface area contributed by atoms with Crippen molar-refractivity contribution in [3.63, 3.8) is 0 Å². The lowest BCUT2D eigenvalue weighted by molar-refractivity contribution is -0.136. The monoisotopic (exact) mass is 313 g/mol. The van der Waals surface area contributed by atoms with Crippen LogP contribution in [-0.2, 0) is 9.53 Å². The minimum Gasteiger partial charge on any atom is -0.437 e. The third-order valence-corrected chi connectivity index (χ3v) is 3.78. The number of ether oxygens (including phenoxy) is 2. The molecule has 0 spiro atoms. The van der Waals surface area contributed by atoms with Crippen LogP contribution < -0.4 is 4.74 Å². The quantitative estimate of drug-likeness (QED) is 0.849. The van der Waals surface area contributed by atoms with Crippen LogP contribution >= 0.6 is 0 Å². The van der Waals surface area contributed by atoms with Gasteiger partial charge in [0.2, 0.25) is 11.8 Å². The van der Waals surface area contributed by atoms with E-state index < -0.39 is 0 Å². The summed E-state index contributed by atoms with van der Waals surface area (Å²) in [4.78, 5) is 22.7. The zero-order chi connectivity index (χ0) is 16.1. The van der Waals surface area contributed by atoms with Crippen LogP contribution in [0.1, 0.15) is 24.6 Å². The third-order valence-electron chi connectivity index (χ3n) is 3.78. The minimum atomic E-state index is -0.0653. The Hall–Kier alpha value is -2.47. The van der Waals surface area contributed by atoms with Crippen molar-refractivity contribution in [3.05, 3.63) is 48.4 Å². The number of likely N-dealkylation sites (tertiary alicyclic amines) is 1. The van der Waals surface area contributed by atoms with Gasteiger partial charge in [0, 0.05) is 13.7 Å². The highest BCUT2D eigenvalue weighted by Crippen LogP contribution is 2.31. The molecule has 1 aliphatic rings. The highest BCUT2D eigenvalue weighted by Gasteiger charge is 2.31. The van der Waals surface area contributed by atoms with E-state index in [1.165, 1.54) is 7.11 Å². The van der Waals surface area contributed by atoms with E-state index in [2.05, 4.69) is 9.97 Å². The van der Waals surface area contributed by atoms with Crippen LogP contribution in [0.2, 0.25) is 0 Å². The van der Waals surface area contributed by atoms with Crippen molar-refractivity contribution < 1.29 is 14.3 Å². The molecule has 0 aliphatic carbocycles. The predicted octanol–water partition coefficient (Wildman–Crippen LogP) is 2.58. The molecule has 0 N–H and O–H groups in total. The van der Waals surface area contributed by atoms with E-state index in [1.54, 1.807) is 17.3 Å². The Balaban J connectivity index is 1.77. The largest absolute Gasteiger partial charge is 0.437 e. The Morgan fingerprint density at radius 3 is 2.91 bits per heavy atom. The molecule has 23 heavy (non-hydrogen) atoms. The lowest BCUT2D eigenvalue weighted by Gasteiger charge is -2.24. The van der Waals surface area contributed by atoms with Crippen molar-refractivity contribution >= 4 is 5.91 Å². The number of benzene rings is 1. The molecular weight excluding hydrogens is 294 g/mol. The van der Waals surface area contributed by atoms with Gasteiger partial charge in [0.1, 0.15) is 12.4 Å². The molecule has 0 saturated carbocycles. The first kappa shape index (κ1) is 15.4. The Labute approximate surface area is 135 Å². The fourth-order valence-electron chi connectivity index (χ4n) is 2.76. The first-order valence-corrected chi connectivity index (χ1v) is 7.61. The maximum Gasteiger partial charge on any atom is 0.249 e. The zero-order valence-electron chi connectivity index (χ0n) is 13.0. The topological polar surface area (TPSA) is 64.5 Å². The molecule has 1 saturated heterocycles. The van der Waals surface area contributed by atoms with E-state index in [0.29, 0.717) is 11.6 Å². The molecule has 1 aliphatic heterocycles. The summed E-state index contributed by atoms with van der Waals surface area (Å²) in [5, 5.41) is 0. The van der Waals surface area contributed by atoms with Gasteiger partial charge in [-0.05, 0) is 25.0 Å². The van der Waals surface area contributed by atoms with Gasteiger partial charge in [-0.2, -0.15) is 0 Å². The van der Waals surface area contributed by atoms with Crippen LogP contribution in [0.3, 0.4) is 0 Å². The van der Waals surface area contributed by atoms with Crippen molar-refractivity contribution in [1.82, 2.24) is 14.9 Å². The van der Waals surface area contributed by atoms with Crippen molar-refractivity contribution in [2.24, 2.45) is 0 Å². The predicted molar refractivity (Wildman–Crippen MR) is 84.1 cm³/mol. The molecule has 3 rings (SSSR count). The van der Waals surface area contributed by atoms with Crippen molar-refractivity contribution in [2.75, 3.05) is 20.3 Å². The van der Waals surface area contributed by atoms with Gasteiger partial charge in [0.25, 0.3) is 0 Å². The molecule has 1 fully saturated rings. The number of hydrogen-bond donors (Lipinski definition) is 0. The highest BCUT2D eigenvalue weighted by molar-refractivity contribution is 5.78. The third kappa shape index (κ3) is 3.65. The molecular formula is C17H19N3O3. The van der Waals surface area contributed by atoms with Crippen LogP contribution in [0, 0.1) is 0 Å². The molecule has 1 aromatic heterocycles. The average Bonchev–Trinajstić information content (AvgIpc) is 3.06. The van der Waals surface area contributed by atoms with Gasteiger partial charge >= 0.3 is 0 Å². The maximum absolute atomic E-state index is 12.1. The number of amides is 1. The number of carbonyl (C=O) groups is 1. The first-order valence-electron chi connectivity index (χ1n) is 7.61. The molecule has 0 radical (unpaired) electrons. The smallest absolute Gasteiger partial charge is 0.249 e. The van der Waals surface area contributed by atoms with Crippen LogP contribution in [0.5, 0.6) is 11.6 Å². The van der Waals surface area contributed by atoms with Gasteiger partial charge in [-0.3, -0.25) is 9.78 Å². The molecule has 1 aromatic carbocycles. The maximum atomic E-state index is 12.1. The summed E-state index contributed by atoms with van der Waals surface area (Å²) in [5.74, 6) is 1.11. The number of para-hydroxylation sites is 1. The van der Waals surface area contributed by atoms with E-state index in [1.807, 2.05) is 30.3 Å². The van der Waals surface area contributed by atoms with Crippen molar-refractivity contribution in [3.8, 4) is 11.6 Å². The Kier molecular flexibility index (Phi) is 4.83. The summed E-state index contributed by atoms with van der Waals surface area (Å²) in [5.41, 5.74) is 0.750. The summed E-state index contributed by atoms with van der Waals surface area (Å²) in [6.45, 7) is 0.808. The average molecular weight is 313 g/mol. The lowest BCUT2D eigenvalue weighted by Crippen LogP contribution is -2.33. The van der Waals surface area contributed by atoms with Gasteiger partial charge in [0.15, 0.2) is 0 Å². The van der Waals surface area contributed by atoms with Gasteiger partial charge in [-0.1, -0.05) is 18.2 Å². The fraction of sp³-hybridized carbons (Fsp3) is 0.353. The number of hydrogen-bond acceptors (Lipinski definition) is 5. The number of carbonyl (C=O) groups excluding carboxylic acids is 1. The Morgan fingerprint density at radius 1 is 1.30 bits per heavy atom. The Bertz CT molecular complexity index is 663. The van der Waals surface area contributed by atoms with Gasteiger partial charge < -0.3 is 14.4 Å². The second kappa shape index (κ2) is 7.19. The number of aromatic nitrogens is 2. The molecule has 6 heteroatoms. The van der Waals surface area contributed by atoms with Gasteiger partial charge in [-0.25, -0.2) is 4.98 Å². The summed E-state index contributed by atoms with van der Waals surface area (Å²) in [6.07, 6.45) is 5.10. The molecule has 0 unspecified atom stereocenters. The van der Waals surface area contributed by atoms with E-state index in [4.69, 9.17) is 9.47 Å². The zero-order valence-corrected chi connectivity index (χ0v) is 13.0. The van der Waals surface area contributed by atoms with Crippen molar-refractivity contribution in [1.29, 1.82) is 0 Å². The van der Waals surface area contributed by atoms with Crippen molar-refractivity contribution in [2.45, 2.75) is 18.9 Å². The minimum absolute atomic E-state index is 0.0221. The van der Waals surface area contributed by atoms with Crippen LogP contribution in [0.25, 0.3) is 0 Å². The molecule has 120 valence electrons. The van der Waals surface area contributed by atoms with Crippen LogP contribution in [-0.4, -0.2) is 41.0 Å². The van der Waals surface area contributed by atoms with Crippen LogP contribution in [0.15, 0.2) is 42.7 Å². The molecule has 1 atom stereocenters. The van der Waals surface area contributed by atoms with E-state index in [-0.39, 0.29) is 18.6 Å². The SMILES string of the molecule is COCC(=O)N1CCC[C@H]1c1cncc(Oc2ccccc2)n1. The lowest BCUT2D eigenvalue weighted by atomic mass is 10.1. The second-order valence-electron chi connectivity index (χ2n) is 5.38. The van der Waals surface area contributed by atoms with E-state index in [0.717, 1.165) is 25.1 Å². The normalized spacial score (nSPS) is 17.3. The van der Waals surface area contributed by atoms with E-state index >= 15 is 0 Å². The summed E-state index contributed by atoms with van der Waals surface area (Å²) in [6, 6.07) is 9.37. The highest BCUT2D eigenvalue weighted by atomic mass is 16.5. The standard InChI is InChI=1S/C17H19N3O3/c1-22-12-17(21)20-9-5-8-15(20)14-10-18-11-16(19-14)23-13-6-3-2-4-7-13/h2-4,6-7,10-11,15H,5,8-9,12H2,1H3/t15-/m0/s1. The van der Waals surface area contributed by atoms with Gasteiger partial charge in [-0.15, -0.1) is 0 Å².